The highest BCUT2D eigenvalue weighted by Crippen LogP contribution is 2.22. The summed E-state index contributed by atoms with van der Waals surface area (Å²) in [6.45, 7) is 5.43. The van der Waals surface area contributed by atoms with E-state index in [1.807, 2.05) is 32.0 Å². The molecule has 9 heteroatoms. The number of hydrogen-bond donors (Lipinski definition) is 2. The molecule has 0 aliphatic heterocycles. The van der Waals surface area contributed by atoms with E-state index in [2.05, 4.69) is 27.5 Å². The van der Waals surface area contributed by atoms with Gasteiger partial charge in [-0.1, -0.05) is 31.9 Å². The van der Waals surface area contributed by atoms with Crippen molar-refractivity contribution in [2.45, 2.75) is 59.7 Å². The number of alkyl halides is 2. The number of nitrogens with zero attached hydrogens (tertiary/aromatic N) is 3. The van der Waals surface area contributed by atoms with Crippen LogP contribution in [0.1, 0.15) is 56.6 Å². The fourth-order valence-corrected chi connectivity index (χ4v) is 2.79. The van der Waals surface area contributed by atoms with Crippen LogP contribution in [0.2, 0.25) is 0 Å². The topological polar surface area (TPSA) is 63.5 Å². The third-order valence-electron chi connectivity index (χ3n) is 4.35. The minimum Gasteiger partial charge on any atom is -0.493 e. The van der Waals surface area contributed by atoms with E-state index < -0.39 is 6.55 Å². The summed E-state index contributed by atoms with van der Waals surface area (Å²) in [6, 6.07) is 6.07. The van der Waals surface area contributed by atoms with Gasteiger partial charge in [-0.3, -0.25) is 4.57 Å². The van der Waals surface area contributed by atoms with Gasteiger partial charge in [-0.25, -0.2) is 9.98 Å². The van der Waals surface area contributed by atoms with Gasteiger partial charge in [0, 0.05) is 24.5 Å². The zero-order valence-corrected chi connectivity index (χ0v) is 20.2. The number of unbranched alkanes of at least 4 members (excludes halogenated alkanes) is 2. The van der Waals surface area contributed by atoms with Crippen LogP contribution >= 0.6 is 24.0 Å². The molecule has 0 spiro atoms. The first-order valence-corrected chi connectivity index (χ1v) is 10.1. The number of nitrogens with one attached hydrogen (secondary N) is 2. The average molecular weight is 535 g/mol. The lowest BCUT2D eigenvalue weighted by Gasteiger charge is -2.14. The third kappa shape index (κ3) is 8.45. The maximum Gasteiger partial charge on any atom is 0.319 e. The first-order valence-electron chi connectivity index (χ1n) is 10.1. The molecular weight excluding hydrogens is 503 g/mol. The summed E-state index contributed by atoms with van der Waals surface area (Å²) in [5.41, 5.74) is 2.12. The minimum atomic E-state index is -2.62. The first-order chi connectivity index (χ1) is 14.0. The molecule has 6 nitrogen and oxygen atoms in total. The number of benzene rings is 1. The summed E-state index contributed by atoms with van der Waals surface area (Å²) in [5.74, 6) is 1.63. The third-order valence-corrected chi connectivity index (χ3v) is 4.35. The maximum absolute atomic E-state index is 13.0. The quantitative estimate of drug-likeness (QED) is 0.184. The molecule has 0 fully saturated rings. The number of guanidine groups is 1. The van der Waals surface area contributed by atoms with E-state index in [1.54, 1.807) is 0 Å². The van der Waals surface area contributed by atoms with E-state index in [1.165, 1.54) is 12.4 Å². The van der Waals surface area contributed by atoms with E-state index >= 15 is 0 Å². The number of aliphatic imine (C=N–C) groups is 1. The highest BCUT2D eigenvalue weighted by molar-refractivity contribution is 14.0. The van der Waals surface area contributed by atoms with Crippen LogP contribution in [-0.2, 0) is 13.1 Å². The smallest absolute Gasteiger partial charge is 0.319 e. The van der Waals surface area contributed by atoms with Gasteiger partial charge < -0.3 is 15.4 Å². The Morgan fingerprint density at radius 1 is 1.23 bits per heavy atom. The SMILES string of the molecule is CCCCCOc1cc(C)ccc1CN=C(NCC)NCc1nccn1C(F)F.I. The maximum atomic E-state index is 13.0. The molecule has 2 aromatic rings. The fourth-order valence-electron chi connectivity index (χ4n) is 2.79. The van der Waals surface area contributed by atoms with Crippen molar-refractivity contribution in [2.24, 2.45) is 4.99 Å². The molecule has 0 atom stereocenters. The van der Waals surface area contributed by atoms with Gasteiger partial charge in [-0.15, -0.1) is 24.0 Å². The van der Waals surface area contributed by atoms with Crippen molar-refractivity contribution in [3.63, 3.8) is 0 Å². The van der Waals surface area contributed by atoms with Gasteiger partial charge in [0.2, 0.25) is 0 Å². The van der Waals surface area contributed by atoms with Crippen molar-refractivity contribution in [2.75, 3.05) is 13.2 Å². The summed E-state index contributed by atoms with van der Waals surface area (Å²) in [7, 11) is 0. The Balaban J connectivity index is 0.00000450. The Morgan fingerprint density at radius 2 is 2.03 bits per heavy atom. The van der Waals surface area contributed by atoms with E-state index in [-0.39, 0.29) is 36.3 Å². The molecule has 0 saturated carbocycles. The molecule has 168 valence electrons. The average Bonchev–Trinajstić information content (AvgIpc) is 3.17. The summed E-state index contributed by atoms with van der Waals surface area (Å²) < 4.78 is 32.7. The molecule has 2 rings (SSSR count). The van der Waals surface area contributed by atoms with Crippen molar-refractivity contribution in [3.05, 3.63) is 47.5 Å². The van der Waals surface area contributed by atoms with Gasteiger partial charge in [0.05, 0.1) is 19.7 Å². The van der Waals surface area contributed by atoms with Crippen LogP contribution in [0.25, 0.3) is 0 Å². The Hall–Kier alpha value is -1.91. The summed E-state index contributed by atoms with van der Waals surface area (Å²) in [5, 5.41) is 6.19. The van der Waals surface area contributed by atoms with Crippen LogP contribution in [0.4, 0.5) is 8.78 Å². The molecule has 30 heavy (non-hydrogen) atoms. The zero-order valence-electron chi connectivity index (χ0n) is 17.8. The summed E-state index contributed by atoms with van der Waals surface area (Å²) in [4.78, 5) is 8.56. The van der Waals surface area contributed by atoms with Crippen LogP contribution in [0, 0.1) is 6.92 Å². The molecule has 1 heterocycles. The molecule has 0 aliphatic carbocycles. The molecule has 0 saturated heterocycles. The fraction of sp³-hybridized carbons (Fsp3) is 0.524. The van der Waals surface area contributed by atoms with Crippen LogP contribution in [0.15, 0.2) is 35.6 Å². The number of rotatable bonds is 11. The predicted octanol–water partition coefficient (Wildman–Crippen LogP) is 5.03. The van der Waals surface area contributed by atoms with Crippen molar-refractivity contribution in [1.29, 1.82) is 0 Å². The van der Waals surface area contributed by atoms with Gasteiger partial charge in [0.1, 0.15) is 11.6 Å². The first kappa shape index (κ1) is 26.1. The Labute approximate surface area is 194 Å². The highest BCUT2D eigenvalue weighted by atomic mass is 127. The van der Waals surface area contributed by atoms with Crippen LogP contribution < -0.4 is 15.4 Å². The van der Waals surface area contributed by atoms with E-state index in [0.717, 1.165) is 40.7 Å². The number of hydrogen-bond acceptors (Lipinski definition) is 3. The highest BCUT2D eigenvalue weighted by Gasteiger charge is 2.12. The van der Waals surface area contributed by atoms with Crippen molar-refractivity contribution in [3.8, 4) is 5.75 Å². The van der Waals surface area contributed by atoms with E-state index in [4.69, 9.17) is 4.74 Å². The molecule has 0 amide bonds. The molecule has 0 unspecified atom stereocenters. The minimum absolute atomic E-state index is 0. The molecule has 1 aromatic carbocycles. The van der Waals surface area contributed by atoms with Gasteiger partial charge in [0.25, 0.3) is 0 Å². The lowest BCUT2D eigenvalue weighted by molar-refractivity contribution is 0.0668. The Morgan fingerprint density at radius 3 is 2.73 bits per heavy atom. The van der Waals surface area contributed by atoms with Crippen molar-refractivity contribution >= 4 is 29.9 Å². The standard InChI is InChI=1S/C21H31F2N5O.HI/c1-4-6-7-12-29-18-13-16(3)8-9-17(18)14-26-21(24-5-2)27-15-19-25-10-11-28(19)20(22)23;/h8-11,13,20H,4-7,12,14-15H2,1-3H3,(H2,24,26,27);1H. The number of aryl methyl sites for hydroxylation is 1. The van der Waals surface area contributed by atoms with Crippen LogP contribution in [-0.4, -0.2) is 28.7 Å². The van der Waals surface area contributed by atoms with Gasteiger partial charge in [-0.2, -0.15) is 8.78 Å². The lowest BCUT2D eigenvalue weighted by atomic mass is 10.1. The summed E-state index contributed by atoms with van der Waals surface area (Å²) >= 11 is 0. The largest absolute Gasteiger partial charge is 0.493 e. The number of halogens is 3. The molecule has 1 aromatic heterocycles. The van der Waals surface area contributed by atoms with E-state index in [0.29, 0.717) is 25.7 Å². The summed E-state index contributed by atoms with van der Waals surface area (Å²) in [6.07, 6.45) is 5.94. The number of ether oxygens (including phenoxy) is 1. The normalized spacial score (nSPS) is 11.3. The van der Waals surface area contributed by atoms with Gasteiger partial charge in [0.15, 0.2) is 5.96 Å². The van der Waals surface area contributed by atoms with E-state index in [9.17, 15) is 8.78 Å². The molecular formula is C21H32F2IN5O. The lowest BCUT2D eigenvalue weighted by Crippen LogP contribution is -2.37. The molecule has 0 bridgehead atoms. The Kier molecular flexibility index (Phi) is 12.3. The molecule has 0 radical (unpaired) electrons. The van der Waals surface area contributed by atoms with Crippen molar-refractivity contribution in [1.82, 2.24) is 20.2 Å². The number of imidazole rings is 1. The Bertz CT molecular complexity index is 783. The predicted molar refractivity (Wildman–Crippen MR) is 127 cm³/mol. The van der Waals surface area contributed by atoms with Gasteiger partial charge in [-0.05, 0) is 31.9 Å². The molecule has 2 N–H and O–H groups in total. The van der Waals surface area contributed by atoms with Crippen molar-refractivity contribution < 1.29 is 13.5 Å². The molecule has 0 aliphatic rings. The zero-order chi connectivity index (χ0) is 21.1. The van der Waals surface area contributed by atoms with Crippen LogP contribution in [0.3, 0.4) is 0 Å². The van der Waals surface area contributed by atoms with Crippen LogP contribution in [0.5, 0.6) is 5.75 Å². The second-order valence-corrected chi connectivity index (χ2v) is 6.74. The second-order valence-electron chi connectivity index (χ2n) is 6.74. The monoisotopic (exact) mass is 535 g/mol. The number of aromatic nitrogens is 2. The second kappa shape index (κ2) is 14.2. The van der Waals surface area contributed by atoms with Gasteiger partial charge >= 0.3 is 6.55 Å².